The van der Waals surface area contributed by atoms with Gasteiger partial charge in [0.05, 0.1) is 11.4 Å². The van der Waals surface area contributed by atoms with Gasteiger partial charge in [-0.2, -0.15) is 0 Å². The van der Waals surface area contributed by atoms with E-state index in [0.717, 1.165) is 30.2 Å². The lowest BCUT2D eigenvalue weighted by molar-refractivity contribution is 0.726. The van der Waals surface area contributed by atoms with Crippen LogP contribution in [0.1, 0.15) is 25.7 Å². The molecule has 0 atom stereocenters. The third kappa shape index (κ3) is 3.19. The van der Waals surface area contributed by atoms with E-state index < -0.39 is 0 Å². The number of nitrogens with zero attached hydrogens (tertiary/aromatic N) is 2. The van der Waals surface area contributed by atoms with Gasteiger partial charge in [0.25, 0.3) is 0 Å². The van der Waals surface area contributed by atoms with Gasteiger partial charge in [-0.1, -0.05) is 31.0 Å². The Bertz CT molecular complexity index is 601. The molecule has 0 unspecified atom stereocenters. The minimum Gasteiger partial charge on any atom is -0.397 e. The SMILES string of the molecule is CN(c1ccccc1)c1ccc(N2CCCCCC2)cc1N. The average Bonchev–Trinajstić information content (AvgIpc) is 2.84. The Labute approximate surface area is 133 Å². The smallest absolute Gasteiger partial charge is 0.0643 e. The standard InChI is InChI=1S/C19H25N3/c1-21(16-9-5-4-6-10-16)19-12-11-17(15-18(19)20)22-13-7-2-3-8-14-22/h4-6,9-12,15H,2-3,7-8,13-14,20H2,1H3. The molecule has 2 N–H and O–H groups in total. The van der Waals surface area contributed by atoms with E-state index in [9.17, 15) is 0 Å². The normalized spacial score (nSPS) is 15.4. The van der Waals surface area contributed by atoms with Crippen molar-refractivity contribution in [3.05, 3.63) is 48.5 Å². The van der Waals surface area contributed by atoms with Crippen LogP contribution >= 0.6 is 0 Å². The summed E-state index contributed by atoms with van der Waals surface area (Å²) in [5, 5.41) is 0. The summed E-state index contributed by atoms with van der Waals surface area (Å²) >= 11 is 0. The van der Waals surface area contributed by atoms with Crippen molar-refractivity contribution in [2.75, 3.05) is 35.7 Å². The second-order valence-electron chi connectivity index (χ2n) is 6.04. The van der Waals surface area contributed by atoms with Crippen LogP contribution < -0.4 is 15.5 Å². The maximum Gasteiger partial charge on any atom is 0.0643 e. The summed E-state index contributed by atoms with van der Waals surface area (Å²) in [6.45, 7) is 2.29. The number of anilines is 4. The lowest BCUT2D eigenvalue weighted by Crippen LogP contribution is -2.24. The molecule has 0 saturated carbocycles. The Morgan fingerprint density at radius 1 is 0.909 bits per heavy atom. The first-order chi connectivity index (χ1) is 10.8. The first-order valence-electron chi connectivity index (χ1n) is 8.19. The van der Waals surface area contributed by atoms with E-state index in [1.54, 1.807) is 0 Å². The van der Waals surface area contributed by atoms with Crippen LogP contribution in [0.3, 0.4) is 0 Å². The highest BCUT2D eigenvalue weighted by molar-refractivity contribution is 5.77. The van der Waals surface area contributed by atoms with Crippen LogP contribution in [0.25, 0.3) is 0 Å². The van der Waals surface area contributed by atoms with Crippen LogP contribution in [-0.2, 0) is 0 Å². The molecule has 0 radical (unpaired) electrons. The Morgan fingerprint density at radius 2 is 1.59 bits per heavy atom. The van der Waals surface area contributed by atoms with Crippen molar-refractivity contribution in [2.24, 2.45) is 0 Å². The fraction of sp³-hybridized carbons (Fsp3) is 0.368. The molecular formula is C19H25N3. The van der Waals surface area contributed by atoms with Crippen LogP contribution in [0.2, 0.25) is 0 Å². The van der Waals surface area contributed by atoms with Crippen molar-refractivity contribution in [3.8, 4) is 0 Å². The van der Waals surface area contributed by atoms with Crippen molar-refractivity contribution in [3.63, 3.8) is 0 Å². The van der Waals surface area contributed by atoms with Gasteiger partial charge in [-0.15, -0.1) is 0 Å². The number of benzene rings is 2. The molecule has 1 saturated heterocycles. The number of rotatable bonds is 3. The molecule has 2 aromatic carbocycles. The van der Waals surface area contributed by atoms with E-state index in [4.69, 9.17) is 5.73 Å². The molecule has 0 spiro atoms. The quantitative estimate of drug-likeness (QED) is 0.851. The van der Waals surface area contributed by atoms with Gasteiger partial charge in [0.15, 0.2) is 0 Å². The van der Waals surface area contributed by atoms with Crippen LogP contribution in [-0.4, -0.2) is 20.1 Å². The molecule has 3 heteroatoms. The minimum absolute atomic E-state index is 0.841. The number of nitrogens with two attached hydrogens (primary N) is 1. The minimum atomic E-state index is 0.841. The molecule has 1 heterocycles. The van der Waals surface area contributed by atoms with Crippen molar-refractivity contribution in [1.29, 1.82) is 0 Å². The summed E-state index contributed by atoms with van der Waals surface area (Å²) in [6.07, 6.45) is 5.26. The van der Waals surface area contributed by atoms with E-state index >= 15 is 0 Å². The molecule has 2 aromatic rings. The van der Waals surface area contributed by atoms with Crippen molar-refractivity contribution in [2.45, 2.75) is 25.7 Å². The highest BCUT2D eigenvalue weighted by Gasteiger charge is 2.13. The van der Waals surface area contributed by atoms with Crippen molar-refractivity contribution >= 4 is 22.7 Å². The molecule has 3 nitrogen and oxygen atoms in total. The van der Waals surface area contributed by atoms with Crippen LogP contribution in [0, 0.1) is 0 Å². The zero-order chi connectivity index (χ0) is 15.4. The highest BCUT2D eigenvalue weighted by atomic mass is 15.1. The predicted octanol–water partition coefficient (Wildman–Crippen LogP) is 4.42. The third-order valence-corrected chi connectivity index (χ3v) is 4.49. The summed E-state index contributed by atoms with van der Waals surface area (Å²) in [7, 11) is 2.06. The lowest BCUT2D eigenvalue weighted by atomic mass is 10.2. The number of hydrogen-bond acceptors (Lipinski definition) is 3. The molecular weight excluding hydrogens is 270 g/mol. The summed E-state index contributed by atoms with van der Waals surface area (Å²) in [5.74, 6) is 0. The Morgan fingerprint density at radius 3 is 2.23 bits per heavy atom. The lowest BCUT2D eigenvalue weighted by Gasteiger charge is -2.26. The maximum absolute atomic E-state index is 6.34. The summed E-state index contributed by atoms with van der Waals surface area (Å²) < 4.78 is 0. The largest absolute Gasteiger partial charge is 0.397 e. The first kappa shape index (κ1) is 14.8. The Hall–Kier alpha value is -2.16. The van der Waals surface area contributed by atoms with Gasteiger partial charge < -0.3 is 15.5 Å². The fourth-order valence-corrected chi connectivity index (χ4v) is 3.16. The fourth-order valence-electron chi connectivity index (χ4n) is 3.16. The van der Waals surface area contributed by atoms with Crippen molar-refractivity contribution in [1.82, 2.24) is 0 Å². The maximum atomic E-state index is 6.34. The summed E-state index contributed by atoms with van der Waals surface area (Å²) in [5.41, 5.74) is 10.6. The van der Waals surface area contributed by atoms with Gasteiger partial charge in [-0.3, -0.25) is 0 Å². The number of hydrogen-bond donors (Lipinski definition) is 1. The molecule has 22 heavy (non-hydrogen) atoms. The Kier molecular flexibility index (Phi) is 4.52. The molecule has 0 amide bonds. The summed E-state index contributed by atoms with van der Waals surface area (Å²) in [6, 6.07) is 16.8. The topological polar surface area (TPSA) is 32.5 Å². The molecule has 1 aliphatic rings. The second kappa shape index (κ2) is 6.73. The molecule has 1 fully saturated rings. The van der Waals surface area contributed by atoms with E-state index in [2.05, 4.69) is 47.2 Å². The molecule has 3 rings (SSSR count). The van der Waals surface area contributed by atoms with Gasteiger partial charge in [-0.25, -0.2) is 0 Å². The third-order valence-electron chi connectivity index (χ3n) is 4.49. The first-order valence-corrected chi connectivity index (χ1v) is 8.19. The zero-order valence-corrected chi connectivity index (χ0v) is 13.3. The van der Waals surface area contributed by atoms with Crippen LogP contribution in [0.15, 0.2) is 48.5 Å². The molecule has 1 aliphatic heterocycles. The monoisotopic (exact) mass is 295 g/mol. The van der Waals surface area contributed by atoms with E-state index in [-0.39, 0.29) is 0 Å². The predicted molar refractivity (Wildman–Crippen MR) is 96.0 cm³/mol. The van der Waals surface area contributed by atoms with Gasteiger partial charge in [0.1, 0.15) is 0 Å². The number of para-hydroxylation sites is 1. The van der Waals surface area contributed by atoms with E-state index in [0.29, 0.717) is 0 Å². The zero-order valence-electron chi connectivity index (χ0n) is 13.3. The highest BCUT2D eigenvalue weighted by Crippen LogP contribution is 2.32. The van der Waals surface area contributed by atoms with Gasteiger partial charge in [-0.05, 0) is 43.2 Å². The molecule has 0 bridgehead atoms. The van der Waals surface area contributed by atoms with E-state index in [1.165, 1.54) is 31.4 Å². The van der Waals surface area contributed by atoms with Gasteiger partial charge >= 0.3 is 0 Å². The molecule has 116 valence electrons. The van der Waals surface area contributed by atoms with Crippen molar-refractivity contribution < 1.29 is 0 Å². The Balaban J connectivity index is 1.82. The van der Waals surface area contributed by atoms with Gasteiger partial charge in [0.2, 0.25) is 0 Å². The molecule has 0 aromatic heterocycles. The average molecular weight is 295 g/mol. The molecule has 0 aliphatic carbocycles. The van der Waals surface area contributed by atoms with E-state index in [1.807, 2.05) is 18.2 Å². The van der Waals surface area contributed by atoms with Crippen LogP contribution in [0.5, 0.6) is 0 Å². The second-order valence-corrected chi connectivity index (χ2v) is 6.04. The van der Waals surface area contributed by atoms with Gasteiger partial charge in [0, 0.05) is 31.5 Å². The van der Waals surface area contributed by atoms with Crippen LogP contribution in [0.4, 0.5) is 22.7 Å². The summed E-state index contributed by atoms with van der Waals surface area (Å²) in [4.78, 5) is 4.61. The number of nitrogen functional groups attached to an aromatic ring is 1.